The molecule has 0 spiro atoms. The molecule has 1 aromatic carbocycles. The van der Waals surface area contributed by atoms with E-state index in [1.54, 1.807) is 23.7 Å². The van der Waals surface area contributed by atoms with Crippen molar-refractivity contribution in [2.75, 3.05) is 0 Å². The van der Waals surface area contributed by atoms with Gasteiger partial charge in [0.2, 0.25) is 0 Å². The molecule has 0 saturated carbocycles. The van der Waals surface area contributed by atoms with Crippen LogP contribution in [-0.2, 0) is 0 Å². The van der Waals surface area contributed by atoms with Crippen LogP contribution in [0.15, 0.2) is 55.1 Å². The van der Waals surface area contributed by atoms with Gasteiger partial charge in [0.15, 0.2) is 0 Å². The highest BCUT2D eigenvalue weighted by atomic mass is 32.1. The van der Waals surface area contributed by atoms with E-state index in [9.17, 15) is 0 Å². The van der Waals surface area contributed by atoms with E-state index < -0.39 is 0 Å². The molecule has 0 amide bonds. The highest BCUT2D eigenvalue weighted by molar-refractivity contribution is 7.19. The molecular weight excluding hydrogens is 254 g/mol. The normalized spacial score (nSPS) is 11.8. The molecule has 3 nitrogen and oxygen atoms in total. The fourth-order valence-electron chi connectivity index (χ4n) is 1.66. The van der Waals surface area contributed by atoms with Crippen LogP contribution in [0.2, 0.25) is 0 Å². The summed E-state index contributed by atoms with van der Waals surface area (Å²) in [6.45, 7) is 0. The summed E-state index contributed by atoms with van der Waals surface area (Å²) in [7, 11) is 0. The molecule has 2 heterocycles. The van der Waals surface area contributed by atoms with Gasteiger partial charge in [-0.2, -0.15) is 0 Å². The van der Waals surface area contributed by atoms with Gasteiger partial charge in [-0.25, -0.2) is 15.0 Å². The Balaban J connectivity index is 1.74. The van der Waals surface area contributed by atoms with Crippen LogP contribution in [0.25, 0.3) is 22.4 Å². The van der Waals surface area contributed by atoms with Gasteiger partial charge in [0.25, 0.3) is 0 Å². The summed E-state index contributed by atoms with van der Waals surface area (Å²) < 4.78 is 1.21. The van der Waals surface area contributed by atoms with E-state index in [0.29, 0.717) is 0 Å². The molecule has 19 heavy (non-hydrogen) atoms. The van der Waals surface area contributed by atoms with Gasteiger partial charge < -0.3 is 0 Å². The van der Waals surface area contributed by atoms with Crippen molar-refractivity contribution in [2.45, 2.75) is 0 Å². The van der Waals surface area contributed by atoms with Crippen molar-refractivity contribution in [1.82, 2.24) is 15.0 Å². The zero-order chi connectivity index (χ0) is 12.9. The minimum atomic E-state index is 0.983. The van der Waals surface area contributed by atoms with Gasteiger partial charge >= 0.3 is 0 Å². The summed E-state index contributed by atoms with van der Waals surface area (Å²) in [6.07, 6.45) is 13.0. The SMILES string of the molecule is C(/C=C/c1nc2ccccc2s1)=C\c1cncnc1. The summed E-state index contributed by atoms with van der Waals surface area (Å²) >= 11 is 1.69. The number of aromatic nitrogens is 3. The Morgan fingerprint density at radius 1 is 0.947 bits per heavy atom. The number of allylic oxidation sites excluding steroid dienone is 2. The van der Waals surface area contributed by atoms with Crippen molar-refractivity contribution >= 4 is 33.7 Å². The number of para-hydroxylation sites is 1. The number of rotatable bonds is 3. The van der Waals surface area contributed by atoms with Gasteiger partial charge in [0.1, 0.15) is 11.3 Å². The lowest BCUT2D eigenvalue weighted by atomic mass is 10.3. The maximum atomic E-state index is 4.53. The maximum absolute atomic E-state index is 4.53. The summed E-state index contributed by atoms with van der Waals surface area (Å²) in [4.78, 5) is 12.4. The highest BCUT2D eigenvalue weighted by Crippen LogP contribution is 2.22. The summed E-state index contributed by atoms with van der Waals surface area (Å²) in [5.41, 5.74) is 2.03. The lowest BCUT2D eigenvalue weighted by molar-refractivity contribution is 1.16. The van der Waals surface area contributed by atoms with E-state index in [-0.39, 0.29) is 0 Å². The predicted molar refractivity (Wildman–Crippen MR) is 79.7 cm³/mol. The van der Waals surface area contributed by atoms with Crippen LogP contribution in [0.1, 0.15) is 10.6 Å². The molecule has 0 bridgehead atoms. The molecule has 3 aromatic rings. The molecule has 2 aromatic heterocycles. The maximum Gasteiger partial charge on any atom is 0.117 e. The number of hydrogen-bond donors (Lipinski definition) is 0. The summed E-state index contributed by atoms with van der Waals surface area (Å²) in [5.74, 6) is 0. The van der Waals surface area contributed by atoms with Crippen LogP contribution in [0.4, 0.5) is 0 Å². The molecule has 3 rings (SSSR count). The van der Waals surface area contributed by atoms with Crippen molar-refractivity contribution < 1.29 is 0 Å². The Morgan fingerprint density at radius 2 is 1.74 bits per heavy atom. The first-order valence-electron chi connectivity index (χ1n) is 5.87. The van der Waals surface area contributed by atoms with Gasteiger partial charge in [-0.05, 0) is 18.2 Å². The molecule has 0 saturated heterocycles. The Kier molecular flexibility index (Phi) is 3.42. The lowest BCUT2D eigenvalue weighted by Gasteiger charge is -1.86. The lowest BCUT2D eigenvalue weighted by Crippen LogP contribution is -1.77. The molecule has 0 atom stereocenters. The molecule has 0 aliphatic rings. The molecule has 92 valence electrons. The van der Waals surface area contributed by atoms with Gasteiger partial charge in [-0.3, -0.25) is 0 Å². The van der Waals surface area contributed by atoms with Crippen LogP contribution in [-0.4, -0.2) is 15.0 Å². The second-order valence-corrected chi connectivity index (χ2v) is 4.97. The fourth-order valence-corrected chi connectivity index (χ4v) is 2.54. The van der Waals surface area contributed by atoms with Gasteiger partial charge in [-0.1, -0.05) is 30.4 Å². The standard InChI is InChI=1S/C15H11N3S/c1(5-12-9-16-11-17-10-12)4-8-15-18-13-6-2-3-7-14(13)19-15/h1-11H/b5-1+,8-4+. The zero-order valence-electron chi connectivity index (χ0n) is 10.1. The Hall–Kier alpha value is -2.33. The quantitative estimate of drug-likeness (QED) is 0.676. The van der Waals surface area contributed by atoms with Crippen molar-refractivity contribution in [3.8, 4) is 0 Å². The Bertz CT molecular complexity index is 696. The van der Waals surface area contributed by atoms with E-state index in [4.69, 9.17) is 0 Å². The first kappa shape index (κ1) is 11.7. The van der Waals surface area contributed by atoms with Crippen LogP contribution in [0, 0.1) is 0 Å². The van der Waals surface area contributed by atoms with Crippen LogP contribution < -0.4 is 0 Å². The van der Waals surface area contributed by atoms with Crippen molar-refractivity contribution in [3.05, 3.63) is 65.7 Å². The molecule has 0 unspecified atom stereocenters. The van der Waals surface area contributed by atoms with Gasteiger partial charge in [-0.15, -0.1) is 11.3 Å². The third-order valence-corrected chi connectivity index (χ3v) is 3.53. The van der Waals surface area contributed by atoms with E-state index in [2.05, 4.69) is 21.0 Å². The van der Waals surface area contributed by atoms with Gasteiger partial charge in [0, 0.05) is 18.0 Å². The third-order valence-electron chi connectivity index (χ3n) is 2.53. The van der Waals surface area contributed by atoms with Crippen molar-refractivity contribution in [1.29, 1.82) is 0 Å². The number of thiazole rings is 1. The van der Waals surface area contributed by atoms with Crippen LogP contribution in [0.5, 0.6) is 0 Å². The average molecular weight is 265 g/mol. The van der Waals surface area contributed by atoms with Gasteiger partial charge in [0.05, 0.1) is 10.2 Å². The van der Waals surface area contributed by atoms with Crippen molar-refractivity contribution in [2.24, 2.45) is 0 Å². The number of nitrogens with zero attached hydrogens (tertiary/aromatic N) is 3. The van der Waals surface area contributed by atoms with E-state index in [1.165, 1.54) is 11.0 Å². The molecule has 0 aliphatic heterocycles. The first-order valence-corrected chi connectivity index (χ1v) is 6.69. The third kappa shape index (κ3) is 2.92. The van der Waals surface area contributed by atoms with Crippen LogP contribution >= 0.6 is 11.3 Å². The average Bonchev–Trinajstić information content (AvgIpc) is 2.87. The first-order chi connectivity index (χ1) is 9.42. The minimum Gasteiger partial charge on any atom is -0.244 e. The molecule has 4 heteroatoms. The predicted octanol–water partition coefficient (Wildman–Crippen LogP) is 3.81. The second-order valence-electron chi connectivity index (χ2n) is 3.91. The molecule has 0 fully saturated rings. The smallest absolute Gasteiger partial charge is 0.117 e. The van der Waals surface area contributed by atoms with Crippen LogP contribution in [0.3, 0.4) is 0 Å². The Labute approximate surface area is 115 Å². The van der Waals surface area contributed by atoms with E-state index in [1.807, 2.05) is 42.5 Å². The molecular formula is C15H11N3S. The molecule has 0 aliphatic carbocycles. The molecule has 0 radical (unpaired) electrons. The summed E-state index contributed by atoms with van der Waals surface area (Å²) in [5, 5.41) is 1.01. The monoisotopic (exact) mass is 265 g/mol. The topological polar surface area (TPSA) is 38.7 Å². The van der Waals surface area contributed by atoms with E-state index in [0.717, 1.165) is 16.1 Å². The zero-order valence-corrected chi connectivity index (χ0v) is 10.9. The van der Waals surface area contributed by atoms with E-state index >= 15 is 0 Å². The number of benzene rings is 1. The summed E-state index contributed by atoms with van der Waals surface area (Å²) in [6, 6.07) is 8.15. The molecule has 0 N–H and O–H groups in total. The fraction of sp³-hybridized carbons (Fsp3) is 0. The minimum absolute atomic E-state index is 0.983. The van der Waals surface area contributed by atoms with Crippen molar-refractivity contribution in [3.63, 3.8) is 0 Å². The Morgan fingerprint density at radius 3 is 2.58 bits per heavy atom. The number of fused-ring (bicyclic) bond motifs is 1. The largest absolute Gasteiger partial charge is 0.244 e. The number of hydrogen-bond acceptors (Lipinski definition) is 4. The second kappa shape index (κ2) is 5.54. The highest BCUT2D eigenvalue weighted by Gasteiger charge is 1.98.